The van der Waals surface area contributed by atoms with Gasteiger partial charge in [0, 0.05) is 38.7 Å². The van der Waals surface area contributed by atoms with E-state index in [-0.39, 0.29) is 23.8 Å². The van der Waals surface area contributed by atoms with Gasteiger partial charge in [0.2, 0.25) is 0 Å². The van der Waals surface area contributed by atoms with Crippen molar-refractivity contribution in [3.05, 3.63) is 47.2 Å². The van der Waals surface area contributed by atoms with E-state index in [1.807, 2.05) is 38.2 Å². The molecule has 2 aliphatic heterocycles. The van der Waals surface area contributed by atoms with Crippen LogP contribution >= 0.6 is 0 Å². The Labute approximate surface area is 167 Å². The molecule has 156 valence electrons. The summed E-state index contributed by atoms with van der Waals surface area (Å²) < 4.78 is 42.3. The summed E-state index contributed by atoms with van der Waals surface area (Å²) in [6.45, 7) is 4.48. The number of fused-ring (bicyclic) bond motifs is 1. The van der Waals surface area contributed by atoms with Crippen LogP contribution in [0, 0.1) is 6.92 Å². The van der Waals surface area contributed by atoms with Crippen molar-refractivity contribution in [1.29, 1.82) is 0 Å². The highest BCUT2D eigenvalue weighted by atomic mass is 19.4. The van der Waals surface area contributed by atoms with Crippen LogP contribution in [-0.4, -0.2) is 64.9 Å². The van der Waals surface area contributed by atoms with Crippen molar-refractivity contribution in [3.63, 3.8) is 0 Å². The van der Waals surface area contributed by atoms with Gasteiger partial charge in [0.15, 0.2) is 11.7 Å². The summed E-state index contributed by atoms with van der Waals surface area (Å²) in [5, 5.41) is 7.21. The van der Waals surface area contributed by atoms with E-state index < -0.39 is 18.3 Å². The molecule has 1 aromatic carbocycles. The first-order valence-corrected chi connectivity index (χ1v) is 9.69. The smallest absolute Gasteiger partial charge is 0.363 e. The number of hydrogen-bond acceptors (Lipinski definition) is 4. The molecule has 9 heteroatoms. The molecular weight excluding hydrogens is 383 g/mol. The lowest BCUT2D eigenvalue weighted by Gasteiger charge is -2.33. The molecule has 1 aromatic heterocycles. The Morgan fingerprint density at radius 1 is 1.14 bits per heavy atom. The third-order valence-electron chi connectivity index (χ3n) is 5.68. The van der Waals surface area contributed by atoms with E-state index in [1.54, 1.807) is 4.90 Å². The predicted octanol–water partition coefficient (Wildman–Crippen LogP) is 3.24. The van der Waals surface area contributed by atoms with E-state index in [9.17, 15) is 18.0 Å². The molecule has 0 saturated carbocycles. The van der Waals surface area contributed by atoms with Crippen molar-refractivity contribution >= 4 is 11.7 Å². The van der Waals surface area contributed by atoms with Gasteiger partial charge in [-0.3, -0.25) is 4.79 Å². The van der Waals surface area contributed by atoms with Gasteiger partial charge in [-0.05, 0) is 19.5 Å². The van der Waals surface area contributed by atoms with Crippen LogP contribution in [0.1, 0.15) is 40.1 Å². The number of likely N-dealkylation sites (N-methyl/N-ethyl adjacent to an activating group) is 1. The Morgan fingerprint density at radius 2 is 1.79 bits per heavy atom. The fraction of sp³-hybridized carbons (Fsp3) is 0.500. The lowest BCUT2D eigenvalue weighted by atomic mass is 9.96. The second kappa shape index (κ2) is 7.37. The van der Waals surface area contributed by atoms with Gasteiger partial charge in [-0.2, -0.15) is 18.3 Å². The zero-order valence-corrected chi connectivity index (χ0v) is 16.4. The highest BCUT2D eigenvalue weighted by Gasteiger charge is 2.47. The highest BCUT2D eigenvalue weighted by Crippen LogP contribution is 2.43. The lowest BCUT2D eigenvalue weighted by Crippen LogP contribution is -2.47. The minimum absolute atomic E-state index is 0.0517. The number of aryl methyl sites for hydroxylation is 1. The molecule has 2 aliphatic rings. The van der Waals surface area contributed by atoms with Gasteiger partial charge in [0.25, 0.3) is 5.91 Å². The van der Waals surface area contributed by atoms with Crippen LogP contribution in [0.4, 0.5) is 19.0 Å². The van der Waals surface area contributed by atoms with Gasteiger partial charge in [-0.1, -0.05) is 29.8 Å². The van der Waals surface area contributed by atoms with E-state index in [2.05, 4.69) is 15.3 Å². The lowest BCUT2D eigenvalue weighted by molar-refractivity contribution is -0.173. The number of nitrogens with zero attached hydrogens (tertiary/aromatic N) is 4. The number of amides is 1. The number of aromatic nitrogens is 2. The first-order valence-electron chi connectivity index (χ1n) is 9.69. The molecule has 2 atom stereocenters. The summed E-state index contributed by atoms with van der Waals surface area (Å²) >= 11 is 0. The summed E-state index contributed by atoms with van der Waals surface area (Å²) in [4.78, 5) is 16.5. The topological polar surface area (TPSA) is 53.4 Å². The first-order chi connectivity index (χ1) is 13.7. The quantitative estimate of drug-likeness (QED) is 0.831. The van der Waals surface area contributed by atoms with Gasteiger partial charge in [-0.25, -0.2) is 4.68 Å². The van der Waals surface area contributed by atoms with Crippen molar-refractivity contribution in [2.75, 3.05) is 38.5 Å². The molecule has 6 nitrogen and oxygen atoms in total. The number of nitrogens with one attached hydrogen (secondary N) is 1. The van der Waals surface area contributed by atoms with Gasteiger partial charge in [0.05, 0.1) is 6.04 Å². The minimum atomic E-state index is -4.46. The van der Waals surface area contributed by atoms with Crippen LogP contribution in [0.15, 0.2) is 30.3 Å². The van der Waals surface area contributed by atoms with E-state index in [4.69, 9.17) is 0 Å². The average molecular weight is 407 g/mol. The predicted molar refractivity (Wildman–Crippen MR) is 103 cm³/mol. The third kappa shape index (κ3) is 3.96. The zero-order chi connectivity index (χ0) is 20.8. The number of halogens is 3. The molecule has 0 unspecified atom stereocenters. The molecule has 1 fully saturated rings. The van der Waals surface area contributed by atoms with Crippen LogP contribution in [-0.2, 0) is 0 Å². The Kier molecular flexibility index (Phi) is 5.02. The molecule has 3 heterocycles. The fourth-order valence-corrected chi connectivity index (χ4v) is 3.87. The van der Waals surface area contributed by atoms with Crippen molar-refractivity contribution < 1.29 is 18.0 Å². The van der Waals surface area contributed by atoms with Crippen LogP contribution in [0.25, 0.3) is 0 Å². The number of alkyl halides is 3. The standard InChI is InChI=1S/C20H24F3N5O/c1-13-3-5-14(6-4-13)15-11-17(20(21,22)23)28-18(24-15)12-16(25-28)19(29)27-9-7-26(2)8-10-27/h3-6,12,15,17,24H,7-11H2,1-2H3/t15-,17-/m0/s1. The number of benzene rings is 1. The van der Waals surface area contributed by atoms with Gasteiger partial charge >= 0.3 is 6.18 Å². The number of carbonyl (C=O) groups is 1. The monoisotopic (exact) mass is 407 g/mol. The maximum Gasteiger partial charge on any atom is 0.410 e. The number of hydrogen-bond donors (Lipinski definition) is 1. The maximum absolute atomic E-state index is 13.8. The van der Waals surface area contributed by atoms with E-state index in [0.29, 0.717) is 13.1 Å². The Balaban J connectivity index is 1.63. The zero-order valence-electron chi connectivity index (χ0n) is 16.4. The number of rotatable bonds is 2. The fourth-order valence-electron chi connectivity index (χ4n) is 3.87. The first kappa shape index (κ1) is 19.8. The Hall–Kier alpha value is -2.55. The highest BCUT2D eigenvalue weighted by molar-refractivity contribution is 5.93. The Morgan fingerprint density at radius 3 is 2.41 bits per heavy atom. The summed E-state index contributed by atoms with van der Waals surface area (Å²) in [5.74, 6) is -0.101. The molecule has 2 aromatic rings. The molecule has 0 aliphatic carbocycles. The third-order valence-corrected chi connectivity index (χ3v) is 5.68. The molecule has 1 saturated heterocycles. The van der Waals surface area contributed by atoms with Crippen molar-refractivity contribution in [1.82, 2.24) is 19.6 Å². The maximum atomic E-state index is 13.8. The van der Waals surface area contributed by atoms with Crippen LogP contribution in [0.5, 0.6) is 0 Å². The van der Waals surface area contributed by atoms with Crippen molar-refractivity contribution in [3.8, 4) is 0 Å². The SMILES string of the molecule is Cc1ccc([C@@H]2C[C@@H](C(F)(F)F)n3nc(C(=O)N4CCN(C)CC4)cc3N2)cc1. The molecule has 4 rings (SSSR count). The largest absolute Gasteiger partial charge is 0.410 e. The number of piperazine rings is 1. The minimum Gasteiger partial charge on any atom is -0.363 e. The molecule has 0 spiro atoms. The molecule has 1 amide bonds. The molecule has 0 radical (unpaired) electrons. The molecule has 29 heavy (non-hydrogen) atoms. The van der Waals surface area contributed by atoms with Gasteiger partial charge in [-0.15, -0.1) is 0 Å². The second-order valence-corrected chi connectivity index (χ2v) is 7.86. The summed E-state index contributed by atoms with van der Waals surface area (Å²) in [7, 11) is 1.97. The summed E-state index contributed by atoms with van der Waals surface area (Å²) in [6.07, 6.45) is -4.64. The van der Waals surface area contributed by atoms with E-state index in [0.717, 1.165) is 28.9 Å². The second-order valence-electron chi connectivity index (χ2n) is 7.86. The van der Waals surface area contributed by atoms with E-state index >= 15 is 0 Å². The van der Waals surface area contributed by atoms with Crippen molar-refractivity contribution in [2.45, 2.75) is 31.6 Å². The van der Waals surface area contributed by atoms with Crippen LogP contribution in [0.3, 0.4) is 0 Å². The molecular formula is C20H24F3N5O. The molecule has 1 N–H and O–H groups in total. The number of anilines is 1. The average Bonchev–Trinajstić information content (AvgIpc) is 3.11. The normalized spacial score (nSPS) is 22.9. The summed E-state index contributed by atoms with van der Waals surface area (Å²) in [5.41, 5.74) is 1.88. The Bertz CT molecular complexity index is 885. The van der Waals surface area contributed by atoms with Gasteiger partial charge in [0.1, 0.15) is 5.82 Å². The van der Waals surface area contributed by atoms with Gasteiger partial charge < -0.3 is 15.1 Å². The number of carbonyl (C=O) groups excluding carboxylic acids is 1. The van der Waals surface area contributed by atoms with Crippen LogP contribution < -0.4 is 5.32 Å². The molecule has 0 bridgehead atoms. The van der Waals surface area contributed by atoms with Crippen molar-refractivity contribution in [2.24, 2.45) is 0 Å². The van der Waals surface area contributed by atoms with E-state index in [1.165, 1.54) is 6.07 Å². The van der Waals surface area contributed by atoms with Crippen LogP contribution in [0.2, 0.25) is 0 Å². The summed E-state index contributed by atoms with van der Waals surface area (Å²) in [6, 6.07) is 6.60.